The summed E-state index contributed by atoms with van der Waals surface area (Å²) in [5, 5.41) is 2.74. The van der Waals surface area contributed by atoms with E-state index in [0.717, 1.165) is 5.56 Å². The molecule has 0 aliphatic heterocycles. The molecule has 0 radical (unpaired) electrons. The van der Waals surface area contributed by atoms with Crippen LogP contribution in [0.25, 0.3) is 0 Å². The molecule has 1 heterocycles. The minimum atomic E-state index is -4.65. The molecule has 0 spiro atoms. The Labute approximate surface area is 112 Å². The van der Waals surface area contributed by atoms with Crippen LogP contribution in [0.4, 0.5) is 19.1 Å². The van der Waals surface area contributed by atoms with Crippen LogP contribution in [0.1, 0.15) is 24.2 Å². The zero-order valence-electron chi connectivity index (χ0n) is 10.5. The molecule has 0 fully saturated rings. The molecule has 0 aliphatic rings. The van der Waals surface area contributed by atoms with Gasteiger partial charge in [-0.2, -0.15) is 13.2 Å². The molecule has 1 atom stereocenters. The third kappa shape index (κ3) is 3.37. The van der Waals surface area contributed by atoms with E-state index >= 15 is 0 Å². The van der Waals surface area contributed by atoms with Crippen molar-refractivity contribution in [3.05, 3.63) is 58.0 Å². The van der Waals surface area contributed by atoms with Crippen molar-refractivity contribution in [1.82, 2.24) is 9.97 Å². The first-order valence-corrected chi connectivity index (χ1v) is 5.86. The van der Waals surface area contributed by atoms with E-state index in [-0.39, 0.29) is 12.0 Å². The molecule has 0 saturated heterocycles. The Morgan fingerprint density at radius 1 is 1.25 bits per heavy atom. The van der Waals surface area contributed by atoms with Gasteiger partial charge in [0.25, 0.3) is 5.56 Å². The third-order valence-electron chi connectivity index (χ3n) is 2.68. The molecule has 1 aromatic heterocycles. The summed E-state index contributed by atoms with van der Waals surface area (Å²) in [6, 6.07) is 9.25. The molecule has 106 valence electrons. The molecule has 0 aliphatic carbocycles. The number of hydrogen-bond acceptors (Lipinski definition) is 3. The summed E-state index contributed by atoms with van der Waals surface area (Å²) >= 11 is 0. The average molecular weight is 283 g/mol. The van der Waals surface area contributed by atoms with Crippen LogP contribution in [0.5, 0.6) is 0 Å². The van der Waals surface area contributed by atoms with Crippen LogP contribution >= 0.6 is 0 Å². The van der Waals surface area contributed by atoms with Gasteiger partial charge in [0.05, 0.1) is 6.04 Å². The lowest BCUT2D eigenvalue weighted by Crippen LogP contribution is -2.20. The molecule has 1 aromatic carbocycles. The summed E-state index contributed by atoms with van der Waals surface area (Å²) in [6.45, 7) is 1.76. The predicted molar refractivity (Wildman–Crippen MR) is 68.3 cm³/mol. The second-order valence-corrected chi connectivity index (χ2v) is 4.25. The molecular formula is C13H12F3N3O. The Morgan fingerprint density at radius 2 is 1.90 bits per heavy atom. The van der Waals surface area contributed by atoms with Crippen molar-refractivity contribution in [2.24, 2.45) is 0 Å². The fourth-order valence-corrected chi connectivity index (χ4v) is 1.70. The van der Waals surface area contributed by atoms with Crippen LogP contribution in [-0.4, -0.2) is 9.97 Å². The molecule has 0 saturated carbocycles. The van der Waals surface area contributed by atoms with Crippen molar-refractivity contribution < 1.29 is 13.2 Å². The number of rotatable bonds is 3. The maximum atomic E-state index is 12.6. The van der Waals surface area contributed by atoms with Crippen molar-refractivity contribution >= 4 is 5.95 Å². The van der Waals surface area contributed by atoms with Crippen LogP contribution in [0.15, 0.2) is 41.2 Å². The Hall–Kier alpha value is -2.31. The quantitative estimate of drug-likeness (QED) is 0.910. The number of H-pyrrole nitrogens is 1. The molecule has 2 N–H and O–H groups in total. The van der Waals surface area contributed by atoms with E-state index in [9.17, 15) is 18.0 Å². The fourth-order valence-electron chi connectivity index (χ4n) is 1.70. The van der Waals surface area contributed by atoms with Gasteiger partial charge in [-0.1, -0.05) is 30.3 Å². The van der Waals surface area contributed by atoms with Crippen molar-refractivity contribution in [2.75, 3.05) is 5.32 Å². The van der Waals surface area contributed by atoms with E-state index in [0.29, 0.717) is 6.07 Å². The summed E-state index contributed by atoms with van der Waals surface area (Å²) in [6.07, 6.45) is -4.65. The first-order chi connectivity index (χ1) is 9.36. The number of halogens is 3. The molecule has 2 rings (SSSR count). The van der Waals surface area contributed by atoms with Crippen LogP contribution < -0.4 is 10.9 Å². The zero-order valence-corrected chi connectivity index (χ0v) is 10.5. The van der Waals surface area contributed by atoms with Gasteiger partial charge in [-0.05, 0) is 12.5 Å². The normalized spacial score (nSPS) is 13.0. The van der Waals surface area contributed by atoms with E-state index in [1.807, 2.05) is 30.3 Å². The van der Waals surface area contributed by atoms with Crippen LogP contribution in [0.2, 0.25) is 0 Å². The van der Waals surface area contributed by atoms with Crippen molar-refractivity contribution in [3.8, 4) is 0 Å². The van der Waals surface area contributed by atoms with Gasteiger partial charge in [0.2, 0.25) is 5.95 Å². The number of benzene rings is 1. The maximum absolute atomic E-state index is 12.6. The predicted octanol–water partition coefficient (Wildman–Crippen LogP) is 2.96. The molecule has 20 heavy (non-hydrogen) atoms. The topological polar surface area (TPSA) is 57.8 Å². The molecule has 1 unspecified atom stereocenters. The molecule has 0 amide bonds. The molecule has 7 heteroatoms. The number of anilines is 1. The highest BCUT2D eigenvalue weighted by atomic mass is 19.4. The SMILES string of the molecule is CC(Nc1nc(C(F)(F)F)cc(=O)[nH]1)c1ccccc1. The van der Waals surface area contributed by atoms with Gasteiger partial charge in [-0.15, -0.1) is 0 Å². The number of nitrogens with one attached hydrogen (secondary N) is 2. The minimum absolute atomic E-state index is 0.207. The van der Waals surface area contributed by atoms with E-state index in [4.69, 9.17) is 0 Å². The van der Waals surface area contributed by atoms with Crippen molar-refractivity contribution in [1.29, 1.82) is 0 Å². The van der Waals surface area contributed by atoms with Crippen molar-refractivity contribution in [2.45, 2.75) is 19.1 Å². The Balaban J connectivity index is 2.26. The zero-order chi connectivity index (χ0) is 14.8. The molecule has 0 bridgehead atoms. The minimum Gasteiger partial charge on any atom is -0.349 e. The first kappa shape index (κ1) is 14.1. The Morgan fingerprint density at radius 3 is 2.50 bits per heavy atom. The van der Waals surface area contributed by atoms with Gasteiger partial charge >= 0.3 is 6.18 Å². The van der Waals surface area contributed by atoms with E-state index in [1.54, 1.807) is 6.92 Å². The second-order valence-electron chi connectivity index (χ2n) is 4.25. The molecule has 2 aromatic rings. The second kappa shape index (κ2) is 5.36. The lowest BCUT2D eigenvalue weighted by molar-refractivity contribution is -0.141. The van der Waals surface area contributed by atoms with Crippen LogP contribution in [-0.2, 0) is 6.18 Å². The standard InChI is InChI=1S/C13H12F3N3O/c1-8(9-5-3-2-4-6-9)17-12-18-10(13(14,15)16)7-11(20)19-12/h2-8H,1H3,(H2,17,18,19,20). The highest BCUT2D eigenvalue weighted by molar-refractivity contribution is 5.32. The first-order valence-electron chi connectivity index (χ1n) is 5.86. The number of hydrogen-bond donors (Lipinski definition) is 2. The number of alkyl halides is 3. The summed E-state index contributed by atoms with van der Waals surface area (Å²) < 4.78 is 37.7. The summed E-state index contributed by atoms with van der Waals surface area (Å²) in [7, 11) is 0. The lowest BCUT2D eigenvalue weighted by Gasteiger charge is -2.15. The summed E-state index contributed by atoms with van der Waals surface area (Å²) in [5.41, 5.74) is -1.20. The highest BCUT2D eigenvalue weighted by Gasteiger charge is 2.33. The maximum Gasteiger partial charge on any atom is 0.433 e. The van der Waals surface area contributed by atoms with Gasteiger partial charge in [-0.3, -0.25) is 9.78 Å². The van der Waals surface area contributed by atoms with Gasteiger partial charge in [0.1, 0.15) is 0 Å². The molecule has 4 nitrogen and oxygen atoms in total. The van der Waals surface area contributed by atoms with Crippen molar-refractivity contribution in [3.63, 3.8) is 0 Å². The Bertz CT molecular complexity index is 637. The Kier molecular flexibility index (Phi) is 3.78. The van der Waals surface area contributed by atoms with Gasteiger partial charge in [-0.25, -0.2) is 4.98 Å². The van der Waals surface area contributed by atoms with E-state index in [2.05, 4.69) is 15.3 Å². The number of nitrogens with zero attached hydrogens (tertiary/aromatic N) is 1. The van der Waals surface area contributed by atoms with Crippen LogP contribution in [0.3, 0.4) is 0 Å². The summed E-state index contributed by atoms with van der Waals surface area (Å²) in [4.78, 5) is 16.9. The fraction of sp³-hybridized carbons (Fsp3) is 0.231. The third-order valence-corrected chi connectivity index (χ3v) is 2.68. The molecular weight excluding hydrogens is 271 g/mol. The lowest BCUT2D eigenvalue weighted by atomic mass is 10.1. The average Bonchev–Trinajstić information content (AvgIpc) is 2.38. The van der Waals surface area contributed by atoms with Crippen LogP contribution in [0, 0.1) is 0 Å². The van der Waals surface area contributed by atoms with Gasteiger partial charge in [0.15, 0.2) is 5.69 Å². The number of aromatic amines is 1. The van der Waals surface area contributed by atoms with Gasteiger partial charge in [0, 0.05) is 6.07 Å². The highest BCUT2D eigenvalue weighted by Crippen LogP contribution is 2.27. The van der Waals surface area contributed by atoms with Gasteiger partial charge < -0.3 is 5.32 Å². The van der Waals surface area contributed by atoms with E-state index in [1.165, 1.54) is 0 Å². The largest absolute Gasteiger partial charge is 0.433 e. The number of aromatic nitrogens is 2. The monoisotopic (exact) mass is 283 g/mol. The smallest absolute Gasteiger partial charge is 0.349 e. The summed E-state index contributed by atoms with van der Waals surface area (Å²) in [5.74, 6) is -0.207. The van der Waals surface area contributed by atoms with E-state index < -0.39 is 17.4 Å².